The van der Waals surface area contributed by atoms with E-state index in [4.69, 9.17) is 9.73 Å². The molecule has 0 aromatic carbocycles. The first-order chi connectivity index (χ1) is 13.7. The molecule has 0 bridgehead atoms. The number of methoxy groups -OCH3 is 1. The van der Waals surface area contributed by atoms with Crippen molar-refractivity contribution in [2.45, 2.75) is 103 Å². The summed E-state index contributed by atoms with van der Waals surface area (Å²) in [6.45, 7) is 4.42. The third-order valence-electron chi connectivity index (χ3n) is 6.24. The number of esters is 1. The summed E-state index contributed by atoms with van der Waals surface area (Å²) in [6.07, 6.45) is 16.8. The number of unbranched alkanes of at least 4 members (excludes halogenated alkanes) is 3. The highest BCUT2D eigenvalue weighted by atomic mass is 16.5. The van der Waals surface area contributed by atoms with Crippen LogP contribution in [0.15, 0.2) is 28.4 Å². The predicted octanol–water partition coefficient (Wildman–Crippen LogP) is 4.69. The van der Waals surface area contributed by atoms with Crippen LogP contribution in [-0.4, -0.2) is 42.1 Å². The van der Waals surface area contributed by atoms with E-state index in [1.54, 1.807) is 0 Å². The third-order valence-corrected chi connectivity index (χ3v) is 6.24. The van der Waals surface area contributed by atoms with Crippen LogP contribution in [0.1, 0.15) is 84.5 Å². The van der Waals surface area contributed by atoms with E-state index in [1.807, 2.05) is 0 Å². The van der Waals surface area contributed by atoms with E-state index >= 15 is 0 Å². The molecule has 0 amide bonds. The lowest BCUT2D eigenvalue weighted by Crippen LogP contribution is -2.56. The molecule has 3 heterocycles. The van der Waals surface area contributed by atoms with Gasteiger partial charge in [0.05, 0.1) is 24.8 Å². The second kappa shape index (κ2) is 10.1. The molecule has 3 rings (SSSR count). The zero-order chi connectivity index (χ0) is 19.9. The van der Waals surface area contributed by atoms with Gasteiger partial charge in [0, 0.05) is 11.7 Å². The van der Waals surface area contributed by atoms with E-state index < -0.39 is 0 Å². The van der Waals surface area contributed by atoms with Gasteiger partial charge in [-0.2, -0.15) is 0 Å². The summed E-state index contributed by atoms with van der Waals surface area (Å²) < 4.78 is 5.15. The Labute approximate surface area is 170 Å². The number of hydrogen-bond donors (Lipinski definition) is 1. The fourth-order valence-electron chi connectivity index (χ4n) is 4.82. The quantitative estimate of drug-likeness (QED) is 0.335. The van der Waals surface area contributed by atoms with E-state index in [9.17, 15) is 4.79 Å². The Hall–Kier alpha value is -1.78. The van der Waals surface area contributed by atoms with Crippen molar-refractivity contribution in [3.8, 4) is 0 Å². The average Bonchev–Trinajstić information content (AvgIpc) is 3.12. The number of aliphatic imine (C=N–C) groups is 1. The van der Waals surface area contributed by atoms with Crippen LogP contribution in [0.4, 0.5) is 0 Å². The average molecular weight is 388 g/mol. The number of ether oxygens (including phenoxy) is 1. The second-order valence-electron chi connectivity index (χ2n) is 8.30. The van der Waals surface area contributed by atoms with Crippen LogP contribution in [-0.2, 0) is 9.53 Å². The zero-order valence-corrected chi connectivity index (χ0v) is 17.9. The number of nitrogens with one attached hydrogen (secondary N) is 1. The summed E-state index contributed by atoms with van der Waals surface area (Å²) in [4.78, 5) is 20.0. The lowest BCUT2D eigenvalue weighted by molar-refractivity contribution is -0.136. The summed E-state index contributed by atoms with van der Waals surface area (Å²) in [7, 11) is 1.49. The van der Waals surface area contributed by atoms with Crippen molar-refractivity contribution >= 4 is 11.9 Å². The van der Waals surface area contributed by atoms with Crippen molar-refractivity contribution in [3.05, 3.63) is 23.4 Å². The SMILES string of the molecule is CCC/C=C/CC[C@H]1C[C@H]2CC[C@H]3C(C(=O)OC)=C(CCCCC)NC(=N1)N23. The molecule has 0 unspecified atom stereocenters. The Morgan fingerprint density at radius 2 is 2.04 bits per heavy atom. The highest BCUT2D eigenvalue weighted by molar-refractivity contribution is 5.96. The number of nitrogens with zero attached hydrogens (tertiary/aromatic N) is 2. The summed E-state index contributed by atoms with van der Waals surface area (Å²) in [5.41, 5.74) is 1.89. The molecule has 1 N–H and O–H groups in total. The minimum absolute atomic E-state index is 0.138. The van der Waals surface area contributed by atoms with Crippen LogP contribution >= 0.6 is 0 Å². The smallest absolute Gasteiger partial charge is 0.337 e. The number of rotatable bonds is 10. The van der Waals surface area contributed by atoms with E-state index in [-0.39, 0.29) is 12.0 Å². The van der Waals surface area contributed by atoms with Crippen LogP contribution in [0.3, 0.4) is 0 Å². The molecule has 1 saturated heterocycles. The second-order valence-corrected chi connectivity index (χ2v) is 8.30. The Balaban J connectivity index is 1.77. The fraction of sp³-hybridized carbons (Fsp3) is 0.739. The molecule has 5 nitrogen and oxygen atoms in total. The maximum Gasteiger partial charge on any atom is 0.337 e. The monoisotopic (exact) mass is 387 g/mol. The van der Waals surface area contributed by atoms with E-state index in [2.05, 4.69) is 36.2 Å². The zero-order valence-electron chi connectivity index (χ0n) is 17.9. The summed E-state index contributed by atoms with van der Waals surface area (Å²) in [6, 6.07) is 1.01. The predicted molar refractivity (Wildman–Crippen MR) is 114 cm³/mol. The number of hydrogen-bond acceptors (Lipinski definition) is 5. The fourth-order valence-corrected chi connectivity index (χ4v) is 4.82. The lowest BCUT2D eigenvalue weighted by atomic mass is 9.96. The molecule has 5 heteroatoms. The van der Waals surface area contributed by atoms with E-state index in [0.29, 0.717) is 12.1 Å². The minimum atomic E-state index is -0.174. The maximum absolute atomic E-state index is 12.6. The first-order valence-electron chi connectivity index (χ1n) is 11.3. The molecule has 0 spiro atoms. The van der Waals surface area contributed by atoms with Gasteiger partial charge in [0.1, 0.15) is 0 Å². The first-order valence-corrected chi connectivity index (χ1v) is 11.3. The highest BCUT2D eigenvalue weighted by Crippen LogP contribution is 2.39. The van der Waals surface area contributed by atoms with Crippen LogP contribution in [0, 0.1) is 0 Å². The van der Waals surface area contributed by atoms with Gasteiger partial charge in [0.15, 0.2) is 5.96 Å². The summed E-state index contributed by atoms with van der Waals surface area (Å²) >= 11 is 0. The number of guanidine groups is 1. The first kappa shape index (κ1) is 20.9. The van der Waals surface area contributed by atoms with Gasteiger partial charge in [-0.15, -0.1) is 0 Å². The Bertz CT molecular complexity index is 638. The molecule has 0 aliphatic carbocycles. The van der Waals surface area contributed by atoms with Crippen molar-refractivity contribution in [2.24, 2.45) is 4.99 Å². The van der Waals surface area contributed by atoms with Gasteiger partial charge in [-0.1, -0.05) is 45.3 Å². The molecule has 3 aliphatic rings. The largest absolute Gasteiger partial charge is 0.466 e. The van der Waals surface area contributed by atoms with Gasteiger partial charge in [-0.05, 0) is 51.4 Å². The van der Waals surface area contributed by atoms with Crippen molar-refractivity contribution in [1.29, 1.82) is 0 Å². The topological polar surface area (TPSA) is 53.9 Å². The highest BCUT2D eigenvalue weighted by Gasteiger charge is 2.46. The Morgan fingerprint density at radius 1 is 1.21 bits per heavy atom. The Kier molecular flexibility index (Phi) is 7.57. The molecule has 0 aromatic heterocycles. The minimum Gasteiger partial charge on any atom is -0.466 e. The van der Waals surface area contributed by atoms with Gasteiger partial charge >= 0.3 is 5.97 Å². The van der Waals surface area contributed by atoms with E-state index in [0.717, 1.165) is 62.2 Å². The molecule has 156 valence electrons. The molecule has 0 saturated carbocycles. The van der Waals surface area contributed by atoms with Gasteiger partial charge in [0.2, 0.25) is 0 Å². The standard InChI is InChI=1S/C23H37N3O2/c1-4-6-8-9-11-12-17-16-18-14-15-20-21(22(27)28-3)19(13-10-7-5-2)25-23(24-17)26(18)20/h8-9,17-18,20H,4-7,10-16H2,1-3H3,(H,24,25)/b9-8+/t17-,18+,20-/m0/s1. The molecule has 0 aromatic rings. The van der Waals surface area contributed by atoms with Gasteiger partial charge < -0.3 is 15.0 Å². The number of carbonyl (C=O) groups is 1. The normalized spacial score (nSPS) is 26.3. The van der Waals surface area contributed by atoms with Crippen molar-refractivity contribution in [3.63, 3.8) is 0 Å². The molecule has 28 heavy (non-hydrogen) atoms. The van der Waals surface area contributed by atoms with Crippen LogP contribution in [0.5, 0.6) is 0 Å². The van der Waals surface area contributed by atoms with Gasteiger partial charge in [-0.25, -0.2) is 9.79 Å². The van der Waals surface area contributed by atoms with Crippen molar-refractivity contribution in [2.75, 3.05) is 7.11 Å². The van der Waals surface area contributed by atoms with Crippen LogP contribution in [0.25, 0.3) is 0 Å². The Morgan fingerprint density at radius 3 is 2.79 bits per heavy atom. The summed E-state index contributed by atoms with van der Waals surface area (Å²) in [5.74, 6) is 0.826. The molecule has 1 fully saturated rings. The van der Waals surface area contributed by atoms with Crippen molar-refractivity contribution < 1.29 is 9.53 Å². The summed E-state index contributed by atoms with van der Waals surface area (Å²) in [5, 5.41) is 3.56. The molecule has 3 aliphatic heterocycles. The molecular weight excluding hydrogens is 350 g/mol. The molecular formula is C23H37N3O2. The lowest BCUT2D eigenvalue weighted by Gasteiger charge is -2.43. The van der Waals surface area contributed by atoms with Crippen LogP contribution < -0.4 is 5.32 Å². The maximum atomic E-state index is 12.6. The van der Waals surface area contributed by atoms with E-state index in [1.165, 1.54) is 32.8 Å². The number of allylic oxidation sites excluding steroid dienone is 3. The van der Waals surface area contributed by atoms with Gasteiger partial charge in [0.25, 0.3) is 0 Å². The van der Waals surface area contributed by atoms with Crippen LogP contribution in [0.2, 0.25) is 0 Å². The third kappa shape index (κ3) is 4.61. The van der Waals surface area contributed by atoms with Crippen molar-refractivity contribution in [1.82, 2.24) is 10.2 Å². The molecule has 0 radical (unpaired) electrons. The molecule has 3 atom stereocenters. The number of carbonyl (C=O) groups excluding carboxylic acids is 1. The van der Waals surface area contributed by atoms with Gasteiger partial charge in [-0.3, -0.25) is 0 Å².